The molecule has 0 radical (unpaired) electrons. The van der Waals surface area contributed by atoms with Crippen LogP contribution in [0.4, 0.5) is 0 Å². The lowest BCUT2D eigenvalue weighted by atomic mass is 10.2. The lowest BCUT2D eigenvalue weighted by molar-refractivity contribution is 0.476. The number of nitrogens with zero attached hydrogens (tertiary/aromatic N) is 2. The number of hydrogen-bond donors (Lipinski definition) is 3. The molecule has 0 atom stereocenters. The molecule has 90 valence electrons. The van der Waals surface area contributed by atoms with E-state index in [1.54, 1.807) is 24.5 Å². The van der Waals surface area contributed by atoms with Crippen LogP contribution in [-0.4, -0.2) is 20.1 Å². The molecule has 4 N–H and O–H groups in total. The van der Waals surface area contributed by atoms with E-state index in [2.05, 4.69) is 15.0 Å². The lowest BCUT2D eigenvalue weighted by Crippen LogP contribution is -2.01. The van der Waals surface area contributed by atoms with E-state index in [1.807, 2.05) is 12.1 Å². The van der Waals surface area contributed by atoms with E-state index >= 15 is 0 Å². The van der Waals surface area contributed by atoms with Gasteiger partial charge in [0.1, 0.15) is 11.4 Å². The van der Waals surface area contributed by atoms with Crippen LogP contribution in [0.5, 0.6) is 5.75 Å². The Morgan fingerprint density at radius 1 is 1.22 bits per heavy atom. The molecular formula is C13H12N4O. The molecule has 0 amide bonds. The van der Waals surface area contributed by atoms with Gasteiger partial charge in [-0.25, -0.2) is 4.98 Å². The van der Waals surface area contributed by atoms with Crippen LogP contribution in [-0.2, 0) is 6.54 Å². The quantitative estimate of drug-likeness (QED) is 0.637. The molecule has 0 aliphatic heterocycles. The summed E-state index contributed by atoms with van der Waals surface area (Å²) in [6.45, 7) is 0.363. The monoisotopic (exact) mass is 240 g/mol. The minimum Gasteiger partial charge on any atom is -0.508 e. The van der Waals surface area contributed by atoms with Crippen LogP contribution >= 0.6 is 0 Å². The van der Waals surface area contributed by atoms with E-state index in [0.717, 1.165) is 28.0 Å². The molecule has 2 aromatic heterocycles. The Kier molecular flexibility index (Phi) is 2.46. The largest absolute Gasteiger partial charge is 0.508 e. The summed E-state index contributed by atoms with van der Waals surface area (Å²) in [6.07, 6.45) is 3.34. The maximum absolute atomic E-state index is 9.43. The highest BCUT2D eigenvalue weighted by atomic mass is 16.3. The van der Waals surface area contributed by atoms with Gasteiger partial charge in [-0.1, -0.05) is 0 Å². The average Bonchev–Trinajstić information content (AvgIpc) is 2.81. The molecule has 0 spiro atoms. The molecular weight excluding hydrogens is 228 g/mol. The molecule has 0 saturated carbocycles. The fourth-order valence-electron chi connectivity index (χ4n) is 1.89. The molecule has 3 aromatic rings. The van der Waals surface area contributed by atoms with E-state index in [9.17, 15) is 5.11 Å². The third-order valence-corrected chi connectivity index (χ3v) is 2.78. The van der Waals surface area contributed by atoms with Crippen molar-refractivity contribution in [1.82, 2.24) is 15.0 Å². The summed E-state index contributed by atoms with van der Waals surface area (Å²) in [5.74, 6) is 0.234. The number of aromatic nitrogens is 3. The van der Waals surface area contributed by atoms with E-state index in [-0.39, 0.29) is 5.75 Å². The van der Waals surface area contributed by atoms with Crippen molar-refractivity contribution in [3.63, 3.8) is 0 Å². The minimum absolute atomic E-state index is 0.234. The molecule has 0 aliphatic rings. The molecule has 3 rings (SSSR count). The number of aromatic hydroxyl groups is 1. The van der Waals surface area contributed by atoms with Gasteiger partial charge in [-0.3, -0.25) is 4.98 Å². The molecule has 1 aromatic carbocycles. The standard InChI is InChI=1S/C13H12N4O/c14-5-9-6-15-7-13(16-9)12-3-8-1-2-10(18)4-11(8)17-12/h1-4,6-7,17-18H,5,14H2. The van der Waals surface area contributed by atoms with E-state index in [0.29, 0.717) is 6.54 Å². The molecule has 18 heavy (non-hydrogen) atoms. The summed E-state index contributed by atoms with van der Waals surface area (Å²) >= 11 is 0. The molecule has 0 aliphatic carbocycles. The number of nitrogens with one attached hydrogen (secondary N) is 1. The predicted octanol–water partition coefficient (Wildman–Crippen LogP) is 1.79. The summed E-state index contributed by atoms with van der Waals surface area (Å²) in [6, 6.07) is 7.16. The Morgan fingerprint density at radius 3 is 2.94 bits per heavy atom. The van der Waals surface area contributed by atoms with Crippen LogP contribution in [0.15, 0.2) is 36.7 Å². The molecule has 2 heterocycles. The second kappa shape index (κ2) is 4.12. The smallest absolute Gasteiger partial charge is 0.117 e. The van der Waals surface area contributed by atoms with Crippen molar-refractivity contribution < 1.29 is 5.11 Å². The normalized spacial score (nSPS) is 10.9. The fraction of sp³-hybridized carbons (Fsp3) is 0.0769. The number of rotatable bonds is 2. The highest BCUT2D eigenvalue weighted by Gasteiger charge is 2.06. The van der Waals surface area contributed by atoms with Crippen LogP contribution in [0.1, 0.15) is 5.69 Å². The van der Waals surface area contributed by atoms with Gasteiger partial charge in [0.15, 0.2) is 0 Å². The predicted molar refractivity (Wildman–Crippen MR) is 68.9 cm³/mol. The molecule has 0 fully saturated rings. The van der Waals surface area contributed by atoms with Crippen molar-refractivity contribution in [2.24, 2.45) is 5.73 Å². The highest BCUT2D eigenvalue weighted by molar-refractivity contribution is 5.86. The first kappa shape index (κ1) is 10.7. The van der Waals surface area contributed by atoms with Crippen molar-refractivity contribution in [2.45, 2.75) is 6.54 Å². The van der Waals surface area contributed by atoms with E-state index in [1.165, 1.54) is 0 Å². The van der Waals surface area contributed by atoms with Gasteiger partial charge < -0.3 is 15.8 Å². The van der Waals surface area contributed by atoms with Gasteiger partial charge in [0.25, 0.3) is 0 Å². The van der Waals surface area contributed by atoms with Crippen molar-refractivity contribution in [1.29, 1.82) is 0 Å². The summed E-state index contributed by atoms with van der Waals surface area (Å²) in [5, 5.41) is 10.4. The third-order valence-electron chi connectivity index (χ3n) is 2.78. The first-order chi connectivity index (χ1) is 8.76. The maximum Gasteiger partial charge on any atom is 0.117 e. The van der Waals surface area contributed by atoms with Crippen molar-refractivity contribution in [3.05, 3.63) is 42.4 Å². The number of nitrogens with two attached hydrogens (primary N) is 1. The number of phenols is 1. The van der Waals surface area contributed by atoms with Crippen molar-refractivity contribution >= 4 is 10.9 Å². The lowest BCUT2D eigenvalue weighted by Gasteiger charge is -1.99. The number of aromatic amines is 1. The first-order valence-electron chi connectivity index (χ1n) is 5.59. The molecule has 0 unspecified atom stereocenters. The highest BCUT2D eigenvalue weighted by Crippen LogP contribution is 2.25. The average molecular weight is 240 g/mol. The zero-order valence-electron chi connectivity index (χ0n) is 9.59. The topological polar surface area (TPSA) is 87.8 Å². The second-order valence-electron chi connectivity index (χ2n) is 4.05. The van der Waals surface area contributed by atoms with E-state index in [4.69, 9.17) is 5.73 Å². The van der Waals surface area contributed by atoms with Gasteiger partial charge >= 0.3 is 0 Å². The molecule has 5 heteroatoms. The minimum atomic E-state index is 0.234. The third kappa shape index (κ3) is 1.80. The van der Waals surface area contributed by atoms with Gasteiger partial charge in [0, 0.05) is 29.7 Å². The van der Waals surface area contributed by atoms with Crippen molar-refractivity contribution in [3.8, 4) is 17.1 Å². The Morgan fingerprint density at radius 2 is 2.11 bits per heavy atom. The van der Waals surface area contributed by atoms with Crippen LogP contribution in [0.25, 0.3) is 22.3 Å². The van der Waals surface area contributed by atoms with Gasteiger partial charge in [0.2, 0.25) is 0 Å². The number of phenolic OH excluding ortho intramolecular Hbond substituents is 1. The summed E-state index contributed by atoms with van der Waals surface area (Å²) < 4.78 is 0. The molecule has 0 bridgehead atoms. The van der Waals surface area contributed by atoms with Gasteiger partial charge in [-0.05, 0) is 18.2 Å². The summed E-state index contributed by atoms with van der Waals surface area (Å²) in [5.41, 5.74) is 8.76. The number of benzene rings is 1. The van der Waals surface area contributed by atoms with Gasteiger partial charge in [0.05, 0.1) is 17.6 Å². The zero-order chi connectivity index (χ0) is 12.5. The first-order valence-corrected chi connectivity index (χ1v) is 5.59. The van der Waals surface area contributed by atoms with Crippen LogP contribution in [0.2, 0.25) is 0 Å². The summed E-state index contributed by atoms with van der Waals surface area (Å²) in [7, 11) is 0. The van der Waals surface area contributed by atoms with Crippen LogP contribution in [0, 0.1) is 0 Å². The number of fused-ring (bicyclic) bond motifs is 1. The number of H-pyrrole nitrogens is 1. The Hall–Kier alpha value is -2.40. The Balaban J connectivity index is 2.13. The molecule has 5 nitrogen and oxygen atoms in total. The van der Waals surface area contributed by atoms with Crippen LogP contribution < -0.4 is 5.73 Å². The summed E-state index contributed by atoms with van der Waals surface area (Å²) in [4.78, 5) is 11.7. The fourth-order valence-corrected chi connectivity index (χ4v) is 1.89. The SMILES string of the molecule is NCc1cncc(-c2cc3ccc(O)cc3[nH]2)n1. The molecule has 0 saturated heterocycles. The van der Waals surface area contributed by atoms with Gasteiger partial charge in [-0.2, -0.15) is 0 Å². The van der Waals surface area contributed by atoms with E-state index < -0.39 is 0 Å². The van der Waals surface area contributed by atoms with Crippen LogP contribution in [0.3, 0.4) is 0 Å². The number of hydrogen-bond acceptors (Lipinski definition) is 4. The second-order valence-corrected chi connectivity index (χ2v) is 4.05. The van der Waals surface area contributed by atoms with Gasteiger partial charge in [-0.15, -0.1) is 0 Å². The Labute approximate surface area is 103 Å². The Bertz CT molecular complexity index is 705. The maximum atomic E-state index is 9.43. The zero-order valence-corrected chi connectivity index (χ0v) is 9.59. The van der Waals surface area contributed by atoms with Crippen molar-refractivity contribution in [2.75, 3.05) is 0 Å².